The smallest absolute Gasteiger partial charge is 0.306 e. The van der Waals surface area contributed by atoms with Gasteiger partial charge in [0.05, 0.1) is 6.61 Å². The highest BCUT2D eigenvalue weighted by molar-refractivity contribution is 5.70. The Labute approximate surface area is 423 Å². The van der Waals surface area contributed by atoms with E-state index in [0.717, 1.165) is 77.0 Å². The van der Waals surface area contributed by atoms with Gasteiger partial charge in [-0.05, 0) is 83.5 Å². The first kappa shape index (κ1) is 65.3. The van der Waals surface area contributed by atoms with E-state index >= 15 is 0 Å². The molecule has 5 heteroatoms. The minimum absolute atomic E-state index is 0.0621. The lowest BCUT2D eigenvalue weighted by atomic mass is 10.0. The molecule has 1 unspecified atom stereocenters. The van der Waals surface area contributed by atoms with Crippen LogP contribution in [-0.4, -0.2) is 37.9 Å². The van der Waals surface area contributed by atoms with Crippen LogP contribution in [0, 0.1) is 0 Å². The molecule has 0 spiro atoms. The van der Waals surface area contributed by atoms with Gasteiger partial charge in [-0.25, -0.2) is 0 Å². The number of allylic oxidation sites excluding steroid dienone is 12. The normalized spacial score (nSPS) is 12.7. The molecule has 0 saturated heterocycles. The average Bonchev–Trinajstić information content (AvgIpc) is 3.34. The number of esters is 2. The second-order valence-corrected chi connectivity index (χ2v) is 19.5. The van der Waals surface area contributed by atoms with Crippen LogP contribution in [0.15, 0.2) is 72.9 Å². The highest BCUT2D eigenvalue weighted by atomic mass is 16.6. The second kappa shape index (κ2) is 58.7. The molecule has 0 saturated carbocycles. The molecule has 0 aromatic rings. The Morgan fingerprint density at radius 3 is 1.09 bits per heavy atom. The number of hydrogen-bond acceptors (Lipinski definition) is 5. The average molecular weight is 950 g/mol. The van der Waals surface area contributed by atoms with Gasteiger partial charge in [-0.1, -0.05) is 267 Å². The summed E-state index contributed by atoms with van der Waals surface area (Å²) in [6, 6.07) is 0. The van der Waals surface area contributed by atoms with Gasteiger partial charge in [-0.15, -0.1) is 0 Å². The van der Waals surface area contributed by atoms with Crippen LogP contribution in [-0.2, 0) is 23.8 Å². The first-order valence-corrected chi connectivity index (χ1v) is 29.5. The number of unbranched alkanes of at least 4 members (excludes halogenated alkanes) is 31. The SMILES string of the molecule is CC/C=C\C/C=C\C/C=C\C/C=C\CCCOCC(COC(=O)CCCCCCCCCCC/C=C\C/C=C\CCCCC)OC(=O)CCCCCCCCCCCCCCCCCCCCC. The molecule has 5 nitrogen and oxygen atoms in total. The van der Waals surface area contributed by atoms with Gasteiger partial charge >= 0.3 is 11.9 Å². The highest BCUT2D eigenvalue weighted by Crippen LogP contribution is 2.16. The van der Waals surface area contributed by atoms with E-state index in [0.29, 0.717) is 19.4 Å². The van der Waals surface area contributed by atoms with Gasteiger partial charge in [-0.3, -0.25) is 9.59 Å². The molecule has 0 aromatic carbocycles. The largest absolute Gasteiger partial charge is 0.462 e. The fourth-order valence-electron chi connectivity index (χ4n) is 8.37. The van der Waals surface area contributed by atoms with Crippen molar-refractivity contribution < 1.29 is 23.8 Å². The van der Waals surface area contributed by atoms with Gasteiger partial charge in [-0.2, -0.15) is 0 Å². The van der Waals surface area contributed by atoms with E-state index in [1.807, 2.05) is 0 Å². The van der Waals surface area contributed by atoms with Crippen molar-refractivity contribution in [3.63, 3.8) is 0 Å². The molecular formula is C63H112O5. The van der Waals surface area contributed by atoms with Crippen molar-refractivity contribution in [2.24, 2.45) is 0 Å². The van der Waals surface area contributed by atoms with Crippen LogP contribution < -0.4 is 0 Å². The fraction of sp³-hybridized carbons (Fsp3) is 0.778. The van der Waals surface area contributed by atoms with Crippen molar-refractivity contribution in [2.75, 3.05) is 19.8 Å². The van der Waals surface area contributed by atoms with Gasteiger partial charge in [0.2, 0.25) is 0 Å². The quantitative estimate of drug-likeness (QED) is 0.0345. The zero-order chi connectivity index (χ0) is 49.2. The minimum Gasteiger partial charge on any atom is -0.462 e. The van der Waals surface area contributed by atoms with Crippen LogP contribution in [0.5, 0.6) is 0 Å². The number of hydrogen-bond donors (Lipinski definition) is 0. The van der Waals surface area contributed by atoms with Crippen molar-refractivity contribution in [2.45, 2.75) is 297 Å². The monoisotopic (exact) mass is 949 g/mol. The molecule has 0 N–H and O–H groups in total. The third-order valence-electron chi connectivity index (χ3n) is 12.7. The maximum absolute atomic E-state index is 12.9. The van der Waals surface area contributed by atoms with E-state index in [1.165, 1.54) is 180 Å². The lowest BCUT2D eigenvalue weighted by molar-refractivity contribution is -0.163. The molecule has 0 rings (SSSR count). The maximum atomic E-state index is 12.9. The standard InChI is InChI=1S/C63H112O5/c1-4-7-10-13-16-19-22-25-28-30-32-34-36-38-41-44-47-50-53-56-62(64)67-60-61(59-66-58-55-52-49-46-43-40-27-24-21-18-15-12-9-6-3)68-63(65)57-54-51-48-45-42-39-37-35-33-31-29-26-23-20-17-14-11-8-5-2/h9,12,16,18-19,21,25,27-28,40,46,49,61H,4-8,10-11,13-15,17,20,22-24,26,29-39,41-45,47-48,50-60H2,1-3H3/b12-9-,19-16-,21-18-,28-25-,40-27-,49-46-. The molecule has 68 heavy (non-hydrogen) atoms. The van der Waals surface area contributed by atoms with E-state index in [9.17, 15) is 9.59 Å². The number of carbonyl (C=O) groups is 2. The number of ether oxygens (including phenoxy) is 3. The van der Waals surface area contributed by atoms with Crippen LogP contribution >= 0.6 is 0 Å². The zero-order valence-electron chi connectivity index (χ0n) is 45.4. The van der Waals surface area contributed by atoms with Crippen LogP contribution in [0.4, 0.5) is 0 Å². The van der Waals surface area contributed by atoms with Gasteiger partial charge in [0.1, 0.15) is 6.61 Å². The van der Waals surface area contributed by atoms with E-state index in [2.05, 4.69) is 93.7 Å². The van der Waals surface area contributed by atoms with Crippen molar-refractivity contribution in [1.29, 1.82) is 0 Å². The number of carbonyl (C=O) groups excluding carboxylic acids is 2. The van der Waals surface area contributed by atoms with Crippen LogP contribution in [0.1, 0.15) is 290 Å². The summed E-state index contributed by atoms with van der Waals surface area (Å²) in [5, 5.41) is 0. The molecule has 0 aliphatic carbocycles. The van der Waals surface area contributed by atoms with Gasteiger partial charge in [0, 0.05) is 19.4 Å². The molecule has 0 aliphatic rings. The predicted molar refractivity (Wildman–Crippen MR) is 297 cm³/mol. The Morgan fingerprint density at radius 1 is 0.338 bits per heavy atom. The molecular weight excluding hydrogens is 837 g/mol. The van der Waals surface area contributed by atoms with Gasteiger partial charge in [0.25, 0.3) is 0 Å². The first-order chi connectivity index (χ1) is 33.6. The highest BCUT2D eigenvalue weighted by Gasteiger charge is 2.17. The molecule has 0 radical (unpaired) electrons. The molecule has 0 amide bonds. The predicted octanol–water partition coefficient (Wildman–Crippen LogP) is 20.2. The van der Waals surface area contributed by atoms with Gasteiger partial charge < -0.3 is 14.2 Å². The summed E-state index contributed by atoms with van der Waals surface area (Å²) >= 11 is 0. The molecule has 394 valence electrons. The Bertz CT molecular complexity index is 1210. The van der Waals surface area contributed by atoms with Gasteiger partial charge in [0.15, 0.2) is 6.10 Å². The van der Waals surface area contributed by atoms with Crippen LogP contribution in [0.3, 0.4) is 0 Å². The topological polar surface area (TPSA) is 61.8 Å². The third-order valence-corrected chi connectivity index (χ3v) is 12.7. The molecule has 0 fully saturated rings. The van der Waals surface area contributed by atoms with Crippen molar-refractivity contribution in [3.8, 4) is 0 Å². The van der Waals surface area contributed by atoms with E-state index in [4.69, 9.17) is 14.2 Å². The third kappa shape index (κ3) is 55.9. The summed E-state index contributed by atoms with van der Waals surface area (Å²) in [6.07, 6.45) is 76.5. The lowest BCUT2D eigenvalue weighted by Gasteiger charge is -2.18. The van der Waals surface area contributed by atoms with E-state index < -0.39 is 6.10 Å². The summed E-state index contributed by atoms with van der Waals surface area (Å²) in [5.41, 5.74) is 0. The number of rotatable bonds is 54. The summed E-state index contributed by atoms with van der Waals surface area (Å²) in [4.78, 5) is 25.5. The Hall–Kier alpha value is -2.66. The Balaban J connectivity index is 4.29. The summed E-state index contributed by atoms with van der Waals surface area (Å²) < 4.78 is 17.4. The van der Waals surface area contributed by atoms with Crippen molar-refractivity contribution in [3.05, 3.63) is 72.9 Å². The second-order valence-electron chi connectivity index (χ2n) is 19.5. The summed E-state index contributed by atoms with van der Waals surface area (Å²) in [5.74, 6) is -0.420. The minimum atomic E-state index is -0.567. The summed E-state index contributed by atoms with van der Waals surface area (Å²) in [7, 11) is 0. The summed E-state index contributed by atoms with van der Waals surface area (Å²) in [6.45, 7) is 7.59. The Morgan fingerprint density at radius 2 is 0.662 bits per heavy atom. The van der Waals surface area contributed by atoms with E-state index in [-0.39, 0.29) is 25.2 Å². The first-order valence-electron chi connectivity index (χ1n) is 29.5. The fourth-order valence-corrected chi connectivity index (χ4v) is 8.37. The lowest BCUT2D eigenvalue weighted by Crippen LogP contribution is -2.30. The molecule has 0 heterocycles. The maximum Gasteiger partial charge on any atom is 0.306 e. The molecule has 0 aliphatic heterocycles. The molecule has 0 aromatic heterocycles. The van der Waals surface area contributed by atoms with Crippen LogP contribution in [0.25, 0.3) is 0 Å². The van der Waals surface area contributed by atoms with Crippen molar-refractivity contribution in [1.82, 2.24) is 0 Å². The zero-order valence-corrected chi connectivity index (χ0v) is 45.4. The van der Waals surface area contributed by atoms with Crippen molar-refractivity contribution >= 4 is 11.9 Å². The molecule has 0 bridgehead atoms. The van der Waals surface area contributed by atoms with E-state index in [1.54, 1.807) is 0 Å². The Kier molecular flexibility index (Phi) is 56.4. The molecule has 1 atom stereocenters. The van der Waals surface area contributed by atoms with Crippen LogP contribution in [0.2, 0.25) is 0 Å².